The van der Waals surface area contributed by atoms with E-state index in [-0.39, 0.29) is 11.8 Å². The standard InChI is InChI=1S/C41H44N6/c1-25(2)29-16-11-17-30(26(3)4)38(29)45-36-22-14-24-43-40(36)46(39-31(27(5)6)18-12-19-32(39)28(7)8)41(45)44-47-34-20-10-9-15-33(34)37-35(47)21-13-23-42-37/h9-28H,1-8H3/b44-41+. The average Bonchev–Trinajstić information content (AvgIpc) is 3.56. The highest BCUT2D eigenvalue weighted by Crippen LogP contribution is 2.36. The maximum absolute atomic E-state index is 5.71. The van der Waals surface area contributed by atoms with Crippen molar-refractivity contribution in [2.45, 2.75) is 79.1 Å². The number of hydrogen-bond acceptors (Lipinski definition) is 3. The van der Waals surface area contributed by atoms with Gasteiger partial charge in [0.25, 0.3) is 0 Å². The minimum atomic E-state index is 0.290. The molecule has 4 aromatic heterocycles. The molecule has 0 aliphatic heterocycles. The van der Waals surface area contributed by atoms with Crippen molar-refractivity contribution >= 4 is 33.1 Å². The predicted octanol–water partition coefficient (Wildman–Crippen LogP) is 10.2. The minimum Gasteiger partial charge on any atom is -0.275 e. The highest BCUT2D eigenvalue weighted by Gasteiger charge is 2.26. The van der Waals surface area contributed by atoms with Gasteiger partial charge in [0.15, 0.2) is 5.65 Å². The Labute approximate surface area is 277 Å². The summed E-state index contributed by atoms with van der Waals surface area (Å²) in [6, 6.07) is 30.2. The van der Waals surface area contributed by atoms with Crippen molar-refractivity contribution in [2.75, 3.05) is 0 Å². The molecule has 0 bridgehead atoms. The van der Waals surface area contributed by atoms with Crippen molar-refractivity contribution in [2.24, 2.45) is 5.10 Å². The number of imidazole rings is 1. The SMILES string of the molecule is CC(C)c1cccc(C(C)C)c1-n1/c(=N\n2c3ccccc3c3ncccc32)n(-c2c(C(C)C)cccc2C(C)C)c2ncccc21. The van der Waals surface area contributed by atoms with Crippen molar-refractivity contribution in [3.63, 3.8) is 0 Å². The molecule has 0 atom stereocenters. The van der Waals surface area contributed by atoms with Gasteiger partial charge in [-0.2, -0.15) is 0 Å². The van der Waals surface area contributed by atoms with Gasteiger partial charge in [0.1, 0.15) is 0 Å². The van der Waals surface area contributed by atoms with E-state index < -0.39 is 0 Å². The lowest BCUT2D eigenvalue weighted by Crippen LogP contribution is -2.29. The van der Waals surface area contributed by atoms with Gasteiger partial charge in [-0.3, -0.25) is 14.1 Å². The fourth-order valence-corrected chi connectivity index (χ4v) is 7.05. The van der Waals surface area contributed by atoms with Gasteiger partial charge < -0.3 is 0 Å². The number of rotatable bonds is 7. The molecule has 238 valence electrons. The zero-order valence-electron chi connectivity index (χ0n) is 28.7. The smallest absolute Gasteiger partial charge is 0.239 e. The molecule has 0 unspecified atom stereocenters. The number of nitrogens with zero attached hydrogens (tertiary/aromatic N) is 6. The zero-order chi connectivity index (χ0) is 33.0. The van der Waals surface area contributed by atoms with Crippen LogP contribution in [0.15, 0.2) is 102 Å². The normalized spacial score (nSPS) is 12.7. The van der Waals surface area contributed by atoms with E-state index in [1.807, 2.05) is 24.5 Å². The lowest BCUT2D eigenvalue weighted by molar-refractivity contribution is 0.737. The van der Waals surface area contributed by atoms with Crippen LogP contribution in [0, 0.1) is 0 Å². The van der Waals surface area contributed by atoms with Gasteiger partial charge in [0.05, 0.1) is 33.4 Å². The van der Waals surface area contributed by atoms with Crippen molar-refractivity contribution in [1.82, 2.24) is 23.8 Å². The fourth-order valence-electron chi connectivity index (χ4n) is 7.05. The van der Waals surface area contributed by atoms with Crippen LogP contribution in [0.25, 0.3) is 44.5 Å². The molecule has 7 aromatic rings. The molecule has 0 N–H and O–H groups in total. The first-order valence-corrected chi connectivity index (χ1v) is 16.9. The molecule has 6 nitrogen and oxygen atoms in total. The van der Waals surface area contributed by atoms with Crippen LogP contribution in [0.4, 0.5) is 0 Å². The van der Waals surface area contributed by atoms with Crippen molar-refractivity contribution in [1.29, 1.82) is 0 Å². The van der Waals surface area contributed by atoms with Crippen LogP contribution in [0.2, 0.25) is 0 Å². The molecule has 4 heterocycles. The Morgan fingerprint density at radius 2 is 0.979 bits per heavy atom. The van der Waals surface area contributed by atoms with E-state index in [9.17, 15) is 0 Å². The van der Waals surface area contributed by atoms with Crippen molar-refractivity contribution < 1.29 is 0 Å². The third-order valence-electron chi connectivity index (χ3n) is 9.34. The number of pyridine rings is 2. The third-order valence-corrected chi connectivity index (χ3v) is 9.34. The Bertz CT molecular complexity index is 2120. The Hall–Kier alpha value is -4.97. The van der Waals surface area contributed by atoms with Gasteiger partial charge in [-0.05, 0) is 76.3 Å². The second kappa shape index (κ2) is 12.0. The first kappa shape index (κ1) is 30.7. The Morgan fingerprint density at radius 3 is 1.55 bits per heavy atom. The molecule has 0 saturated carbocycles. The molecule has 0 spiro atoms. The maximum Gasteiger partial charge on any atom is 0.239 e. The van der Waals surface area contributed by atoms with Crippen molar-refractivity contribution in [3.05, 3.63) is 125 Å². The van der Waals surface area contributed by atoms with Gasteiger partial charge in [-0.25, -0.2) is 9.66 Å². The molecule has 0 aliphatic rings. The molecule has 6 heteroatoms. The highest BCUT2D eigenvalue weighted by molar-refractivity contribution is 6.05. The average molecular weight is 621 g/mol. The maximum atomic E-state index is 5.71. The Balaban J connectivity index is 1.79. The zero-order valence-corrected chi connectivity index (χ0v) is 28.7. The van der Waals surface area contributed by atoms with E-state index in [0.29, 0.717) is 11.8 Å². The van der Waals surface area contributed by atoms with Crippen LogP contribution in [0.5, 0.6) is 0 Å². The summed E-state index contributed by atoms with van der Waals surface area (Å²) in [5, 5.41) is 6.79. The van der Waals surface area contributed by atoms with Gasteiger partial charge >= 0.3 is 0 Å². The predicted molar refractivity (Wildman–Crippen MR) is 195 cm³/mol. The molecule has 47 heavy (non-hydrogen) atoms. The lowest BCUT2D eigenvalue weighted by atomic mass is 9.92. The lowest BCUT2D eigenvalue weighted by Gasteiger charge is -2.22. The first-order chi connectivity index (χ1) is 22.7. The summed E-state index contributed by atoms with van der Waals surface area (Å²) in [7, 11) is 0. The van der Waals surface area contributed by atoms with Crippen LogP contribution in [0.1, 0.15) is 101 Å². The van der Waals surface area contributed by atoms with Gasteiger partial charge in [-0.15, -0.1) is 5.10 Å². The topological polar surface area (TPSA) is 52.9 Å². The number of benzene rings is 3. The van der Waals surface area contributed by atoms with Gasteiger partial charge in [0, 0.05) is 17.8 Å². The summed E-state index contributed by atoms with van der Waals surface area (Å²) in [6.07, 6.45) is 3.77. The van der Waals surface area contributed by atoms with Crippen LogP contribution >= 0.6 is 0 Å². The number of hydrogen-bond donors (Lipinski definition) is 0. The van der Waals surface area contributed by atoms with E-state index in [1.165, 1.54) is 27.9 Å². The molecule has 0 saturated heterocycles. The number of para-hydroxylation sites is 3. The summed E-state index contributed by atoms with van der Waals surface area (Å²) in [4.78, 5) is 9.95. The van der Waals surface area contributed by atoms with Gasteiger partial charge in [0.2, 0.25) is 5.62 Å². The van der Waals surface area contributed by atoms with E-state index in [1.54, 1.807) is 0 Å². The Morgan fingerprint density at radius 1 is 0.489 bits per heavy atom. The summed E-state index contributed by atoms with van der Waals surface area (Å²) in [5.74, 6) is 1.17. The van der Waals surface area contributed by atoms with E-state index >= 15 is 0 Å². The summed E-state index contributed by atoms with van der Waals surface area (Å²) in [6.45, 7) is 18.2. The van der Waals surface area contributed by atoms with Crippen molar-refractivity contribution in [3.8, 4) is 11.4 Å². The van der Waals surface area contributed by atoms with Crippen LogP contribution in [0.3, 0.4) is 0 Å². The second-order valence-electron chi connectivity index (χ2n) is 13.8. The quantitative estimate of drug-likeness (QED) is 0.178. The van der Waals surface area contributed by atoms with Crippen LogP contribution in [-0.4, -0.2) is 23.8 Å². The highest BCUT2D eigenvalue weighted by atomic mass is 15.4. The summed E-state index contributed by atoms with van der Waals surface area (Å²) < 4.78 is 6.79. The minimum absolute atomic E-state index is 0.290. The van der Waals surface area contributed by atoms with E-state index in [2.05, 4.69) is 142 Å². The molecule has 0 amide bonds. The summed E-state index contributed by atoms with van der Waals surface area (Å²) >= 11 is 0. The molecule has 0 aliphatic carbocycles. The molecule has 7 rings (SSSR count). The first-order valence-electron chi connectivity index (χ1n) is 16.9. The number of aromatic nitrogens is 5. The second-order valence-corrected chi connectivity index (χ2v) is 13.8. The van der Waals surface area contributed by atoms with E-state index in [0.717, 1.165) is 44.4 Å². The fraction of sp³-hybridized carbons (Fsp3) is 0.293. The third kappa shape index (κ3) is 4.98. The summed E-state index contributed by atoms with van der Waals surface area (Å²) in [5.41, 5.74) is 13.1. The van der Waals surface area contributed by atoms with E-state index in [4.69, 9.17) is 15.1 Å². The molecule has 3 aromatic carbocycles. The van der Waals surface area contributed by atoms with Crippen LogP contribution < -0.4 is 5.62 Å². The molecular weight excluding hydrogens is 576 g/mol. The molecular formula is C41H44N6. The van der Waals surface area contributed by atoms with Crippen LogP contribution in [-0.2, 0) is 0 Å². The number of fused-ring (bicyclic) bond motifs is 4. The molecule has 0 radical (unpaired) electrons. The monoisotopic (exact) mass is 620 g/mol. The van der Waals surface area contributed by atoms with Gasteiger partial charge in [-0.1, -0.05) is 110 Å². The molecule has 0 fully saturated rings. The Kier molecular flexibility index (Phi) is 7.83. The largest absolute Gasteiger partial charge is 0.275 e.